The van der Waals surface area contributed by atoms with Crippen molar-refractivity contribution in [2.45, 2.75) is 86.5 Å². The summed E-state index contributed by atoms with van der Waals surface area (Å²) in [7, 11) is 0. The van der Waals surface area contributed by atoms with Gasteiger partial charge in [-0.2, -0.15) is 0 Å². The summed E-state index contributed by atoms with van der Waals surface area (Å²) in [6, 6.07) is 0. The van der Waals surface area contributed by atoms with Gasteiger partial charge >= 0.3 is 0 Å². The predicted molar refractivity (Wildman–Crippen MR) is 80.4 cm³/mol. The second-order valence-corrected chi connectivity index (χ2v) is 5.71. The summed E-state index contributed by atoms with van der Waals surface area (Å²) in [4.78, 5) is 0. The van der Waals surface area contributed by atoms with Crippen LogP contribution in [0.15, 0.2) is 11.6 Å². The summed E-state index contributed by atoms with van der Waals surface area (Å²) in [5.74, 6) is 0.957. The van der Waals surface area contributed by atoms with Crippen molar-refractivity contribution in [1.29, 1.82) is 0 Å². The van der Waals surface area contributed by atoms with Crippen LogP contribution < -0.4 is 0 Å². The highest BCUT2D eigenvalue weighted by molar-refractivity contribution is 5.19. The van der Waals surface area contributed by atoms with E-state index >= 15 is 0 Å². The Morgan fingerprint density at radius 1 is 1.24 bits per heavy atom. The Balaban J connectivity index is 0.000000450. The van der Waals surface area contributed by atoms with E-state index in [4.69, 9.17) is 0 Å². The minimum absolute atomic E-state index is 0.724. The largest absolute Gasteiger partial charge is 0.0847 e. The molecule has 0 nitrogen and oxygen atoms in total. The highest BCUT2D eigenvalue weighted by Gasteiger charge is 2.38. The molecule has 2 bridgehead atoms. The standard InChI is InChI=1S/C12H20.C3H8.C2H6/c1-3-5-12-6-4-11(9-12)7-10(2)8-12;1-3-2;1-2/h4,10H,3,5-9H2,1-2H3;3H2,1-2H3;1-2H3. The van der Waals surface area contributed by atoms with Crippen LogP contribution in [-0.2, 0) is 0 Å². The monoisotopic (exact) mass is 238 g/mol. The zero-order valence-corrected chi connectivity index (χ0v) is 13.1. The van der Waals surface area contributed by atoms with E-state index in [2.05, 4.69) is 33.8 Å². The molecule has 0 heterocycles. The van der Waals surface area contributed by atoms with Crippen LogP contribution in [0.4, 0.5) is 0 Å². The molecule has 2 rings (SSSR count). The minimum Gasteiger partial charge on any atom is -0.0847 e. The van der Waals surface area contributed by atoms with Gasteiger partial charge in [0.15, 0.2) is 0 Å². The summed E-state index contributed by atoms with van der Waals surface area (Å²) in [5, 5.41) is 0. The topological polar surface area (TPSA) is 0 Å². The van der Waals surface area contributed by atoms with Gasteiger partial charge in [0.2, 0.25) is 0 Å². The van der Waals surface area contributed by atoms with Gasteiger partial charge in [-0.15, -0.1) is 0 Å². The molecule has 0 radical (unpaired) electrons. The molecule has 102 valence electrons. The average Bonchev–Trinajstić information content (AvgIpc) is 2.59. The summed E-state index contributed by atoms with van der Waals surface area (Å²) in [5.41, 5.74) is 2.49. The number of hydrogen-bond donors (Lipinski definition) is 0. The third-order valence-corrected chi connectivity index (χ3v) is 3.60. The van der Waals surface area contributed by atoms with Crippen molar-refractivity contribution in [3.8, 4) is 0 Å². The van der Waals surface area contributed by atoms with Gasteiger partial charge in [0.1, 0.15) is 0 Å². The first-order valence-electron chi connectivity index (χ1n) is 7.83. The molecule has 0 aliphatic heterocycles. The molecule has 2 aliphatic rings. The Bertz CT molecular complexity index is 214. The van der Waals surface area contributed by atoms with E-state index in [-0.39, 0.29) is 0 Å². The SMILES string of the molecule is CC.CCC.CCCC12CC=C(CC(C)C1)C2. The summed E-state index contributed by atoms with van der Waals surface area (Å²) in [6.45, 7) is 13.0. The molecule has 2 aliphatic carbocycles. The van der Waals surface area contributed by atoms with Crippen LogP contribution >= 0.6 is 0 Å². The zero-order valence-electron chi connectivity index (χ0n) is 13.1. The molecule has 0 aromatic heterocycles. The van der Waals surface area contributed by atoms with Gasteiger partial charge in [-0.3, -0.25) is 0 Å². The van der Waals surface area contributed by atoms with Crippen LogP contribution in [0.3, 0.4) is 0 Å². The molecule has 0 spiro atoms. The Labute approximate surface area is 110 Å². The first kappa shape index (κ1) is 16.7. The lowest BCUT2D eigenvalue weighted by atomic mass is 9.69. The Morgan fingerprint density at radius 2 is 1.82 bits per heavy atom. The van der Waals surface area contributed by atoms with Gasteiger partial charge in [-0.05, 0) is 43.4 Å². The highest BCUT2D eigenvalue weighted by Crippen LogP contribution is 2.52. The fourth-order valence-electron chi connectivity index (χ4n) is 3.38. The normalized spacial score (nSPS) is 29.5. The first-order chi connectivity index (χ1) is 8.15. The van der Waals surface area contributed by atoms with Gasteiger partial charge in [0, 0.05) is 0 Å². The van der Waals surface area contributed by atoms with Crippen molar-refractivity contribution in [3.63, 3.8) is 0 Å². The van der Waals surface area contributed by atoms with Crippen LogP contribution in [-0.4, -0.2) is 0 Å². The molecule has 2 unspecified atom stereocenters. The number of fused-ring (bicyclic) bond motifs is 2. The predicted octanol–water partition coefficient (Wildman–Crippen LogP) is 6.37. The third kappa shape index (κ3) is 5.27. The van der Waals surface area contributed by atoms with E-state index in [0.717, 1.165) is 11.3 Å². The molecular formula is C17H34. The lowest BCUT2D eigenvalue weighted by molar-refractivity contribution is 0.188. The van der Waals surface area contributed by atoms with E-state index in [9.17, 15) is 0 Å². The van der Waals surface area contributed by atoms with Crippen LogP contribution in [0.1, 0.15) is 86.5 Å². The van der Waals surface area contributed by atoms with Crippen molar-refractivity contribution >= 4 is 0 Å². The van der Waals surface area contributed by atoms with Crippen molar-refractivity contribution in [3.05, 3.63) is 11.6 Å². The number of allylic oxidation sites excluding steroid dienone is 2. The average molecular weight is 238 g/mol. The maximum absolute atomic E-state index is 2.53. The zero-order chi connectivity index (χ0) is 13.3. The summed E-state index contributed by atoms with van der Waals surface area (Å²) >= 11 is 0. The third-order valence-electron chi connectivity index (χ3n) is 3.60. The maximum Gasteiger partial charge on any atom is -0.0223 e. The molecule has 0 amide bonds. The van der Waals surface area contributed by atoms with Crippen LogP contribution in [0, 0.1) is 11.3 Å². The Morgan fingerprint density at radius 3 is 2.35 bits per heavy atom. The summed E-state index contributed by atoms with van der Waals surface area (Å²) < 4.78 is 0. The summed E-state index contributed by atoms with van der Waals surface area (Å²) in [6.07, 6.45) is 12.3. The maximum atomic E-state index is 2.53. The van der Waals surface area contributed by atoms with Crippen molar-refractivity contribution in [1.82, 2.24) is 0 Å². The van der Waals surface area contributed by atoms with Gasteiger partial charge in [-0.1, -0.05) is 66.0 Å². The van der Waals surface area contributed by atoms with E-state index in [1.165, 1.54) is 44.9 Å². The molecule has 0 heteroatoms. The van der Waals surface area contributed by atoms with Crippen molar-refractivity contribution < 1.29 is 0 Å². The molecule has 2 atom stereocenters. The fourth-order valence-corrected chi connectivity index (χ4v) is 3.38. The van der Waals surface area contributed by atoms with E-state index in [1.807, 2.05) is 13.8 Å². The molecule has 0 saturated heterocycles. The first-order valence-corrected chi connectivity index (χ1v) is 7.83. The molecule has 0 aromatic carbocycles. The molecule has 17 heavy (non-hydrogen) atoms. The quantitative estimate of drug-likeness (QED) is 0.491. The Hall–Kier alpha value is -0.260. The molecular weight excluding hydrogens is 204 g/mol. The van der Waals surface area contributed by atoms with Crippen LogP contribution in [0.5, 0.6) is 0 Å². The smallest absolute Gasteiger partial charge is 0.0223 e. The molecule has 1 fully saturated rings. The van der Waals surface area contributed by atoms with Gasteiger partial charge in [-0.25, -0.2) is 0 Å². The molecule has 0 N–H and O–H groups in total. The number of hydrogen-bond acceptors (Lipinski definition) is 0. The fraction of sp³-hybridized carbons (Fsp3) is 0.882. The molecule has 1 saturated carbocycles. The lowest BCUT2D eigenvalue weighted by Gasteiger charge is -2.36. The molecule has 0 aromatic rings. The van der Waals surface area contributed by atoms with E-state index in [0.29, 0.717) is 0 Å². The number of rotatable bonds is 2. The van der Waals surface area contributed by atoms with Crippen LogP contribution in [0.25, 0.3) is 0 Å². The van der Waals surface area contributed by atoms with Gasteiger partial charge in [0.05, 0.1) is 0 Å². The van der Waals surface area contributed by atoms with E-state index < -0.39 is 0 Å². The second-order valence-electron chi connectivity index (χ2n) is 5.71. The van der Waals surface area contributed by atoms with Crippen molar-refractivity contribution in [2.75, 3.05) is 0 Å². The van der Waals surface area contributed by atoms with E-state index in [1.54, 1.807) is 5.57 Å². The van der Waals surface area contributed by atoms with Gasteiger partial charge in [0.25, 0.3) is 0 Å². The van der Waals surface area contributed by atoms with Crippen LogP contribution in [0.2, 0.25) is 0 Å². The lowest BCUT2D eigenvalue weighted by Crippen LogP contribution is -2.24. The van der Waals surface area contributed by atoms with Gasteiger partial charge < -0.3 is 0 Å². The minimum atomic E-state index is 0.724. The van der Waals surface area contributed by atoms with Crippen molar-refractivity contribution in [2.24, 2.45) is 11.3 Å². The highest BCUT2D eigenvalue weighted by atomic mass is 14.4. The second kappa shape index (κ2) is 8.78. The Kier molecular flexibility index (Phi) is 8.64.